The maximum Gasteiger partial charge on any atom is 0.223 e. The summed E-state index contributed by atoms with van der Waals surface area (Å²) >= 11 is 0. The van der Waals surface area contributed by atoms with Crippen molar-refractivity contribution in [3.8, 4) is 6.07 Å². The maximum atomic E-state index is 11.3. The van der Waals surface area contributed by atoms with Crippen molar-refractivity contribution in [1.82, 2.24) is 4.90 Å². The molecule has 0 bridgehead atoms. The number of nitrogens with zero attached hydrogens (tertiary/aromatic N) is 2. The highest BCUT2D eigenvalue weighted by molar-refractivity contribution is 5.79. The molecule has 0 aromatic rings. The molecule has 0 radical (unpaired) electrons. The highest BCUT2D eigenvalue weighted by atomic mass is 16.2. The number of hydrogen-bond donors (Lipinski definition) is 0. The van der Waals surface area contributed by atoms with Crippen LogP contribution in [0.3, 0.4) is 0 Å². The lowest BCUT2D eigenvalue weighted by Crippen LogP contribution is -2.34. The molecule has 3 heteroatoms. The third-order valence-electron chi connectivity index (χ3n) is 2.26. The van der Waals surface area contributed by atoms with Crippen molar-refractivity contribution < 1.29 is 4.79 Å². The number of amides is 1. The van der Waals surface area contributed by atoms with Crippen molar-refractivity contribution in [2.45, 2.75) is 32.7 Å². The van der Waals surface area contributed by atoms with Crippen LogP contribution < -0.4 is 0 Å². The Balaban J connectivity index is 2.64. The van der Waals surface area contributed by atoms with Gasteiger partial charge in [-0.2, -0.15) is 5.26 Å². The van der Waals surface area contributed by atoms with Gasteiger partial charge in [0.15, 0.2) is 0 Å². The first-order valence-electron chi connectivity index (χ1n) is 4.38. The van der Waals surface area contributed by atoms with Gasteiger partial charge in [0.1, 0.15) is 6.04 Å². The number of hydrogen-bond acceptors (Lipinski definition) is 2. The molecular formula is C9H14N2O. The Hall–Kier alpha value is -1.04. The van der Waals surface area contributed by atoms with Crippen molar-refractivity contribution in [2.24, 2.45) is 5.92 Å². The van der Waals surface area contributed by atoms with Gasteiger partial charge in [-0.25, -0.2) is 0 Å². The van der Waals surface area contributed by atoms with Crippen LogP contribution in [0.1, 0.15) is 26.7 Å². The standard InChI is InChI=1S/C9H14N2O/c1-3-8(5-10)11-6-7(2)4-9(11)12/h7-8H,3-4,6H2,1-2H3. The van der Waals surface area contributed by atoms with E-state index >= 15 is 0 Å². The minimum Gasteiger partial charge on any atom is -0.326 e. The Morgan fingerprint density at radius 3 is 2.83 bits per heavy atom. The Morgan fingerprint density at radius 2 is 2.50 bits per heavy atom. The lowest BCUT2D eigenvalue weighted by molar-refractivity contribution is -0.128. The highest BCUT2D eigenvalue weighted by Crippen LogP contribution is 2.20. The molecule has 0 aliphatic carbocycles. The monoisotopic (exact) mass is 166 g/mol. The van der Waals surface area contributed by atoms with Gasteiger partial charge >= 0.3 is 0 Å². The second-order valence-corrected chi connectivity index (χ2v) is 3.41. The van der Waals surface area contributed by atoms with Crippen LogP contribution in [0.2, 0.25) is 0 Å². The van der Waals surface area contributed by atoms with Crippen molar-refractivity contribution >= 4 is 5.91 Å². The minimum absolute atomic E-state index is 0.135. The molecule has 0 aromatic heterocycles. The smallest absolute Gasteiger partial charge is 0.223 e. The van der Waals surface area contributed by atoms with E-state index in [1.54, 1.807) is 4.90 Å². The fourth-order valence-corrected chi connectivity index (χ4v) is 1.60. The van der Waals surface area contributed by atoms with Crippen molar-refractivity contribution in [1.29, 1.82) is 5.26 Å². The molecule has 1 fully saturated rings. The molecule has 1 aliphatic rings. The quantitative estimate of drug-likeness (QED) is 0.617. The fourth-order valence-electron chi connectivity index (χ4n) is 1.60. The van der Waals surface area contributed by atoms with Gasteiger partial charge in [0.25, 0.3) is 0 Å². The van der Waals surface area contributed by atoms with Gasteiger partial charge in [-0.3, -0.25) is 4.79 Å². The molecule has 1 aliphatic heterocycles. The molecule has 0 aromatic carbocycles. The molecule has 66 valence electrons. The maximum absolute atomic E-state index is 11.3. The zero-order valence-electron chi connectivity index (χ0n) is 7.58. The first kappa shape index (κ1) is 9.05. The molecule has 1 rings (SSSR count). The predicted molar refractivity (Wildman–Crippen MR) is 45.2 cm³/mol. The van der Waals surface area contributed by atoms with Crippen molar-refractivity contribution in [2.75, 3.05) is 6.54 Å². The van der Waals surface area contributed by atoms with E-state index in [4.69, 9.17) is 5.26 Å². The number of rotatable bonds is 2. The average molecular weight is 166 g/mol. The van der Waals surface area contributed by atoms with Crippen LogP contribution in [0.15, 0.2) is 0 Å². The summed E-state index contributed by atoms with van der Waals surface area (Å²) in [6.07, 6.45) is 1.34. The van der Waals surface area contributed by atoms with Gasteiger partial charge in [-0.15, -0.1) is 0 Å². The summed E-state index contributed by atoms with van der Waals surface area (Å²) in [5.41, 5.74) is 0. The summed E-state index contributed by atoms with van der Waals surface area (Å²) < 4.78 is 0. The van der Waals surface area contributed by atoms with Crippen LogP contribution in [0.5, 0.6) is 0 Å². The normalized spacial score (nSPS) is 25.6. The van der Waals surface area contributed by atoms with E-state index in [9.17, 15) is 4.79 Å². The van der Waals surface area contributed by atoms with E-state index in [0.717, 1.165) is 13.0 Å². The van der Waals surface area contributed by atoms with E-state index < -0.39 is 0 Å². The SMILES string of the molecule is CCC(C#N)N1CC(C)CC1=O. The van der Waals surface area contributed by atoms with Gasteiger partial charge in [0.2, 0.25) is 5.91 Å². The molecule has 1 heterocycles. The van der Waals surface area contributed by atoms with E-state index in [1.807, 2.05) is 13.8 Å². The van der Waals surface area contributed by atoms with E-state index in [2.05, 4.69) is 6.07 Å². The third-order valence-corrected chi connectivity index (χ3v) is 2.26. The summed E-state index contributed by atoms with van der Waals surface area (Å²) in [4.78, 5) is 13.0. The van der Waals surface area contributed by atoms with Crippen LogP contribution in [0.4, 0.5) is 0 Å². The Morgan fingerprint density at radius 1 is 1.83 bits per heavy atom. The third kappa shape index (κ3) is 1.58. The van der Waals surface area contributed by atoms with Gasteiger partial charge in [0, 0.05) is 13.0 Å². The lowest BCUT2D eigenvalue weighted by atomic mass is 10.2. The Labute approximate surface area is 73.0 Å². The Bertz CT molecular complexity index is 219. The second-order valence-electron chi connectivity index (χ2n) is 3.41. The Kier molecular flexibility index (Phi) is 2.69. The molecule has 1 saturated heterocycles. The summed E-state index contributed by atoms with van der Waals surface area (Å²) in [6.45, 7) is 4.73. The van der Waals surface area contributed by atoms with E-state index in [-0.39, 0.29) is 11.9 Å². The highest BCUT2D eigenvalue weighted by Gasteiger charge is 2.30. The number of carbonyl (C=O) groups is 1. The molecule has 1 amide bonds. The zero-order valence-corrected chi connectivity index (χ0v) is 7.58. The number of likely N-dealkylation sites (tertiary alicyclic amines) is 1. The summed E-state index contributed by atoms with van der Waals surface area (Å²) in [7, 11) is 0. The number of nitriles is 1. The summed E-state index contributed by atoms with van der Waals surface area (Å²) in [5.74, 6) is 0.552. The van der Waals surface area contributed by atoms with Crippen LogP contribution in [-0.2, 0) is 4.79 Å². The topological polar surface area (TPSA) is 44.1 Å². The molecule has 3 nitrogen and oxygen atoms in total. The van der Waals surface area contributed by atoms with E-state index in [0.29, 0.717) is 12.3 Å². The lowest BCUT2D eigenvalue weighted by Gasteiger charge is -2.20. The molecule has 2 atom stereocenters. The predicted octanol–water partition coefficient (Wildman–Crippen LogP) is 1.16. The average Bonchev–Trinajstić information content (AvgIpc) is 2.34. The molecular weight excluding hydrogens is 152 g/mol. The largest absolute Gasteiger partial charge is 0.326 e. The van der Waals surface area contributed by atoms with E-state index in [1.165, 1.54) is 0 Å². The van der Waals surface area contributed by atoms with Crippen molar-refractivity contribution in [3.05, 3.63) is 0 Å². The fraction of sp³-hybridized carbons (Fsp3) is 0.778. The number of carbonyl (C=O) groups excluding carboxylic acids is 1. The summed E-state index contributed by atoms with van der Waals surface area (Å²) in [5, 5.41) is 8.75. The molecule has 2 unspecified atom stereocenters. The zero-order chi connectivity index (χ0) is 9.14. The molecule has 0 spiro atoms. The van der Waals surface area contributed by atoms with Crippen molar-refractivity contribution in [3.63, 3.8) is 0 Å². The van der Waals surface area contributed by atoms with Gasteiger partial charge in [0.05, 0.1) is 6.07 Å². The van der Waals surface area contributed by atoms with Gasteiger partial charge in [-0.05, 0) is 12.3 Å². The molecule has 0 N–H and O–H groups in total. The first-order valence-corrected chi connectivity index (χ1v) is 4.38. The second kappa shape index (κ2) is 3.57. The van der Waals surface area contributed by atoms with Crippen LogP contribution >= 0.6 is 0 Å². The van der Waals surface area contributed by atoms with Gasteiger partial charge in [-0.1, -0.05) is 13.8 Å². The molecule has 12 heavy (non-hydrogen) atoms. The first-order chi connectivity index (χ1) is 5.69. The van der Waals surface area contributed by atoms with Crippen LogP contribution in [0, 0.1) is 17.2 Å². The molecule has 0 saturated carbocycles. The summed E-state index contributed by atoms with van der Waals surface area (Å²) in [6, 6.07) is 1.94. The van der Waals surface area contributed by atoms with Gasteiger partial charge < -0.3 is 4.90 Å². The van der Waals surface area contributed by atoms with Crippen LogP contribution in [0.25, 0.3) is 0 Å². The minimum atomic E-state index is -0.206. The van der Waals surface area contributed by atoms with Crippen LogP contribution in [-0.4, -0.2) is 23.4 Å².